The molecule has 2 heterocycles. The molecule has 0 radical (unpaired) electrons. The summed E-state index contributed by atoms with van der Waals surface area (Å²) in [6, 6.07) is 0.362. The number of hydrogen-bond acceptors (Lipinski definition) is 3. The summed E-state index contributed by atoms with van der Waals surface area (Å²) in [7, 11) is -3.08. The maximum atomic E-state index is 12.6. The van der Waals surface area contributed by atoms with Gasteiger partial charge in [-0.1, -0.05) is 6.42 Å². The lowest BCUT2D eigenvalue weighted by Gasteiger charge is -2.38. The lowest BCUT2D eigenvalue weighted by Crippen LogP contribution is -2.49. The van der Waals surface area contributed by atoms with Crippen molar-refractivity contribution in [3.8, 4) is 0 Å². The van der Waals surface area contributed by atoms with Crippen LogP contribution in [0.3, 0.4) is 0 Å². The third-order valence-electron chi connectivity index (χ3n) is 4.34. The topological polar surface area (TPSA) is 49.4 Å². The fourth-order valence-electron chi connectivity index (χ4n) is 3.38. The minimum absolute atomic E-state index is 0.181. The molecule has 106 valence electrons. The van der Waals surface area contributed by atoms with Crippen LogP contribution in [0.15, 0.2) is 0 Å². The van der Waals surface area contributed by atoms with Gasteiger partial charge in [0.2, 0.25) is 10.0 Å². The van der Waals surface area contributed by atoms with Crippen LogP contribution in [0, 0.1) is 5.92 Å². The van der Waals surface area contributed by atoms with Crippen molar-refractivity contribution in [1.82, 2.24) is 9.62 Å². The van der Waals surface area contributed by atoms with Crippen molar-refractivity contribution in [2.24, 2.45) is 5.92 Å². The third-order valence-corrected chi connectivity index (χ3v) is 6.59. The Hall–Kier alpha value is -0.130. The second-order valence-corrected chi connectivity index (χ2v) is 7.85. The van der Waals surface area contributed by atoms with E-state index >= 15 is 0 Å². The molecule has 2 rings (SSSR count). The highest BCUT2D eigenvalue weighted by molar-refractivity contribution is 7.89. The van der Waals surface area contributed by atoms with E-state index in [1.165, 1.54) is 0 Å². The first kappa shape index (κ1) is 14.3. The quantitative estimate of drug-likeness (QED) is 0.850. The van der Waals surface area contributed by atoms with Crippen LogP contribution in [-0.2, 0) is 10.0 Å². The molecular weight excluding hydrogens is 248 g/mol. The monoisotopic (exact) mass is 274 g/mol. The van der Waals surface area contributed by atoms with E-state index in [-0.39, 0.29) is 12.1 Å². The van der Waals surface area contributed by atoms with Gasteiger partial charge in [-0.3, -0.25) is 0 Å². The SMILES string of the molecule is C[C@@H]1CCC[C@H](C)N1S(=O)(=O)CC1CCNCC1. The van der Waals surface area contributed by atoms with Crippen molar-refractivity contribution in [3.63, 3.8) is 0 Å². The molecule has 0 spiro atoms. The number of sulfonamides is 1. The summed E-state index contributed by atoms with van der Waals surface area (Å²) in [5.41, 5.74) is 0. The average Bonchev–Trinajstić information content (AvgIpc) is 2.28. The normalized spacial score (nSPS) is 32.6. The van der Waals surface area contributed by atoms with E-state index < -0.39 is 10.0 Å². The Morgan fingerprint density at radius 1 is 1.06 bits per heavy atom. The second-order valence-electron chi connectivity index (χ2n) is 5.93. The van der Waals surface area contributed by atoms with Gasteiger partial charge in [0.25, 0.3) is 0 Å². The van der Waals surface area contributed by atoms with Gasteiger partial charge in [0.15, 0.2) is 0 Å². The van der Waals surface area contributed by atoms with Crippen molar-refractivity contribution in [2.75, 3.05) is 18.8 Å². The van der Waals surface area contributed by atoms with Gasteiger partial charge < -0.3 is 5.32 Å². The molecule has 2 aliphatic heterocycles. The predicted octanol–water partition coefficient (Wildman–Crippen LogP) is 1.58. The van der Waals surface area contributed by atoms with Crippen LogP contribution < -0.4 is 5.32 Å². The second kappa shape index (κ2) is 5.88. The van der Waals surface area contributed by atoms with E-state index in [2.05, 4.69) is 19.2 Å². The van der Waals surface area contributed by atoms with Crippen LogP contribution in [0.4, 0.5) is 0 Å². The van der Waals surface area contributed by atoms with Gasteiger partial charge in [0.1, 0.15) is 0 Å². The third kappa shape index (κ3) is 3.25. The molecule has 4 nitrogen and oxygen atoms in total. The highest BCUT2D eigenvalue weighted by atomic mass is 32.2. The van der Waals surface area contributed by atoms with E-state index in [9.17, 15) is 8.42 Å². The number of piperidine rings is 2. The molecule has 0 aromatic rings. The van der Waals surface area contributed by atoms with Crippen LogP contribution in [0.1, 0.15) is 46.0 Å². The van der Waals surface area contributed by atoms with Gasteiger partial charge in [-0.25, -0.2) is 8.42 Å². The van der Waals surface area contributed by atoms with Gasteiger partial charge in [-0.15, -0.1) is 0 Å². The van der Waals surface area contributed by atoms with E-state index in [1.54, 1.807) is 4.31 Å². The van der Waals surface area contributed by atoms with Gasteiger partial charge in [-0.2, -0.15) is 4.31 Å². The molecule has 18 heavy (non-hydrogen) atoms. The van der Waals surface area contributed by atoms with E-state index in [0.717, 1.165) is 45.2 Å². The Morgan fingerprint density at radius 2 is 1.61 bits per heavy atom. The minimum Gasteiger partial charge on any atom is -0.317 e. The fourth-order valence-corrected chi connectivity index (χ4v) is 5.79. The molecule has 2 aliphatic rings. The first-order valence-electron chi connectivity index (χ1n) is 7.22. The van der Waals surface area contributed by atoms with Crippen LogP contribution in [0.25, 0.3) is 0 Å². The van der Waals surface area contributed by atoms with Crippen LogP contribution >= 0.6 is 0 Å². The predicted molar refractivity (Wildman–Crippen MR) is 74.0 cm³/mol. The lowest BCUT2D eigenvalue weighted by molar-refractivity contribution is 0.202. The van der Waals surface area contributed by atoms with Gasteiger partial charge in [0, 0.05) is 12.1 Å². The van der Waals surface area contributed by atoms with Crippen molar-refractivity contribution < 1.29 is 8.42 Å². The number of hydrogen-bond donors (Lipinski definition) is 1. The van der Waals surface area contributed by atoms with Crippen molar-refractivity contribution in [2.45, 2.75) is 58.0 Å². The molecule has 0 amide bonds. The van der Waals surface area contributed by atoms with Crippen LogP contribution in [0.5, 0.6) is 0 Å². The molecule has 0 aromatic carbocycles. The van der Waals surface area contributed by atoms with Crippen molar-refractivity contribution in [1.29, 1.82) is 0 Å². The Morgan fingerprint density at radius 3 is 2.17 bits per heavy atom. The zero-order valence-corrected chi connectivity index (χ0v) is 12.4. The highest BCUT2D eigenvalue weighted by Gasteiger charge is 2.35. The zero-order chi connectivity index (χ0) is 13.2. The first-order chi connectivity index (χ1) is 8.50. The Labute approximate surface area is 111 Å². The standard InChI is InChI=1S/C13H26N2O2S/c1-11-4-3-5-12(2)15(11)18(16,17)10-13-6-8-14-9-7-13/h11-14H,3-10H2,1-2H3/t11-,12+. The Balaban J connectivity index is 2.04. The molecule has 5 heteroatoms. The molecule has 2 fully saturated rings. The van der Waals surface area contributed by atoms with Crippen molar-refractivity contribution in [3.05, 3.63) is 0 Å². The molecule has 1 N–H and O–H groups in total. The largest absolute Gasteiger partial charge is 0.317 e. The summed E-state index contributed by atoms with van der Waals surface area (Å²) >= 11 is 0. The van der Waals surface area contributed by atoms with Gasteiger partial charge in [0.05, 0.1) is 5.75 Å². The van der Waals surface area contributed by atoms with E-state index in [0.29, 0.717) is 11.7 Å². The Bertz CT molecular complexity index is 353. The van der Waals surface area contributed by atoms with E-state index in [4.69, 9.17) is 0 Å². The smallest absolute Gasteiger partial charge is 0.214 e. The number of nitrogens with one attached hydrogen (secondary N) is 1. The summed E-state index contributed by atoms with van der Waals surface area (Å²) in [5.74, 6) is 0.696. The minimum atomic E-state index is -3.08. The maximum Gasteiger partial charge on any atom is 0.214 e. The van der Waals surface area contributed by atoms with Crippen LogP contribution in [-0.4, -0.2) is 43.6 Å². The molecule has 2 atom stereocenters. The number of nitrogens with zero attached hydrogens (tertiary/aromatic N) is 1. The average molecular weight is 274 g/mol. The van der Waals surface area contributed by atoms with Gasteiger partial charge in [-0.05, 0) is 58.5 Å². The maximum absolute atomic E-state index is 12.6. The molecule has 0 saturated carbocycles. The summed E-state index contributed by atoms with van der Waals surface area (Å²) < 4.78 is 27.0. The number of rotatable bonds is 3. The summed E-state index contributed by atoms with van der Waals surface area (Å²) in [5, 5.41) is 3.29. The zero-order valence-electron chi connectivity index (χ0n) is 11.6. The summed E-state index contributed by atoms with van der Waals surface area (Å²) in [4.78, 5) is 0. The lowest BCUT2D eigenvalue weighted by atomic mass is 10.0. The highest BCUT2D eigenvalue weighted by Crippen LogP contribution is 2.27. The van der Waals surface area contributed by atoms with E-state index in [1.807, 2.05) is 0 Å². The van der Waals surface area contributed by atoms with Crippen molar-refractivity contribution >= 4 is 10.0 Å². The summed E-state index contributed by atoms with van der Waals surface area (Å²) in [6.45, 7) is 6.03. The Kier molecular flexibility index (Phi) is 4.67. The fraction of sp³-hybridized carbons (Fsp3) is 1.00. The molecule has 0 aromatic heterocycles. The molecule has 0 aliphatic carbocycles. The first-order valence-corrected chi connectivity index (χ1v) is 8.83. The summed E-state index contributed by atoms with van der Waals surface area (Å²) in [6.07, 6.45) is 5.17. The molecule has 0 unspecified atom stereocenters. The molecular formula is C13H26N2O2S. The van der Waals surface area contributed by atoms with Crippen LogP contribution in [0.2, 0.25) is 0 Å². The van der Waals surface area contributed by atoms with Gasteiger partial charge >= 0.3 is 0 Å². The molecule has 0 bridgehead atoms. The molecule has 2 saturated heterocycles.